The molecule has 3 nitrogen and oxygen atoms in total. The van der Waals surface area contributed by atoms with Crippen molar-refractivity contribution in [2.75, 3.05) is 5.32 Å². The molecule has 0 aliphatic carbocycles. The first-order valence-electron chi connectivity index (χ1n) is 3.27. The van der Waals surface area contributed by atoms with Crippen molar-refractivity contribution in [3.8, 4) is 0 Å². The molecule has 0 bridgehead atoms. The van der Waals surface area contributed by atoms with Gasteiger partial charge in [-0.15, -0.1) is 0 Å². The van der Waals surface area contributed by atoms with Gasteiger partial charge in [-0.1, -0.05) is 0 Å². The predicted molar refractivity (Wildman–Crippen MR) is 37.8 cm³/mol. The van der Waals surface area contributed by atoms with Crippen molar-refractivity contribution in [3.63, 3.8) is 0 Å². The standard InChI is InChI=1S/C7H8N2O/c1-5-7(10)8-6-3-2-4-9(5)6/h2-5H,1H3,(H,8,10). The molecule has 1 aliphatic heterocycles. The molecule has 1 aromatic heterocycles. The molecule has 0 saturated heterocycles. The van der Waals surface area contributed by atoms with Crippen LogP contribution in [0.4, 0.5) is 5.82 Å². The fourth-order valence-corrected chi connectivity index (χ4v) is 1.19. The van der Waals surface area contributed by atoms with Crippen LogP contribution in [-0.2, 0) is 4.79 Å². The number of carbonyl (C=O) groups is 1. The highest BCUT2D eigenvalue weighted by molar-refractivity contribution is 5.96. The number of fused-ring (bicyclic) bond motifs is 1. The van der Waals surface area contributed by atoms with Crippen LogP contribution in [0.2, 0.25) is 0 Å². The number of hydrogen-bond acceptors (Lipinski definition) is 1. The van der Waals surface area contributed by atoms with Crippen LogP contribution in [-0.4, -0.2) is 10.5 Å². The van der Waals surface area contributed by atoms with E-state index in [-0.39, 0.29) is 11.9 Å². The molecular formula is C7H8N2O. The summed E-state index contributed by atoms with van der Waals surface area (Å²) in [5, 5.41) is 2.75. The molecule has 0 saturated carbocycles. The van der Waals surface area contributed by atoms with Gasteiger partial charge in [0.1, 0.15) is 11.9 Å². The van der Waals surface area contributed by atoms with E-state index in [0.29, 0.717) is 0 Å². The average molecular weight is 136 g/mol. The zero-order valence-electron chi connectivity index (χ0n) is 5.66. The summed E-state index contributed by atoms with van der Waals surface area (Å²) >= 11 is 0. The van der Waals surface area contributed by atoms with E-state index in [0.717, 1.165) is 5.82 Å². The van der Waals surface area contributed by atoms with Crippen molar-refractivity contribution < 1.29 is 4.79 Å². The lowest BCUT2D eigenvalue weighted by Gasteiger charge is -1.99. The first-order chi connectivity index (χ1) is 4.79. The predicted octanol–water partition coefficient (Wildman–Crippen LogP) is 1.00. The van der Waals surface area contributed by atoms with Gasteiger partial charge >= 0.3 is 0 Å². The maximum Gasteiger partial charge on any atom is 0.248 e. The Morgan fingerprint density at radius 1 is 1.70 bits per heavy atom. The molecule has 0 radical (unpaired) electrons. The maximum atomic E-state index is 11.0. The lowest BCUT2D eigenvalue weighted by Crippen LogP contribution is -2.11. The number of nitrogens with one attached hydrogen (secondary N) is 1. The SMILES string of the molecule is CC1C(=O)Nc2cccn21. The molecule has 1 unspecified atom stereocenters. The molecular weight excluding hydrogens is 128 g/mol. The van der Waals surface area contributed by atoms with E-state index < -0.39 is 0 Å². The normalized spacial score (nSPS) is 22.5. The highest BCUT2D eigenvalue weighted by atomic mass is 16.2. The molecule has 3 heteroatoms. The zero-order valence-corrected chi connectivity index (χ0v) is 5.66. The Labute approximate surface area is 58.7 Å². The summed E-state index contributed by atoms with van der Waals surface area (Å²) < 4.78 is 1.92. The Bertz CT molecular complexity index is 277. The lowest BCUT2D eigenvalue weighted by molar-refractivity contribution is -0.117. The number of aromatic nitrogens is 1. The van der Waals surface area contributed by atoms with Gasteiger partial charge in [-0.2, -0.15) is 0 Å². The van der Waals surface area contributed by atoms with Crippen molar-refractivity contribution in [2.45, 2.75) is 13.0 Å². The van der Waals surface area contributed by atoms with Crippen LogP contribution in [0, 0.1) is 0 Å². The summed E-state index contributed by atoms with van der Waals surface area (Å²) in [6.07, 6.45) is 1.90. The second kappa shape index (κ2) is 1.62. The third-order valence-electron chi connectivity index (χ3n) is 1.83. The molecule has 10 heavy (non-hydrogen) atoms. The second-order valence-electron chi connectivity index (χ2n) is 2.47. The van der Waals surface area contributed by atoms with Gasteiger partial charge in [0.05, 0.1) is 0 Å². The summed E-state index contributed by atoms with van der Waals surface area (Å²) in [4.78, 5) is 11.0. The van der Waals surface area contributed by atoms with E-state index >= 15 is 0 Å². The Hall–Kier alpha value is -1.25. The van der Waals surface area contributed by atoms with Gasteiger partial charge in [0, 0.05) is 6.20 Å². The Balaban J connectivity index is 2.52. The third kappa shape index (κ3) is 0.518. The summed E-state index contributed by atoms with van der Waals surface area (Å²) in [6.45, 7) is 1.88. The number of hydrogen-bond donors (Lipinski definition) is 1. The molecule has 0 spiro atoms. The lowest BCUT2D eigenvalue weighted by atomic mass is 10.3. The van der Waals surface area contributed by atoms with Gasteiger partial charge in [0.15, 0.2) is 0 Å². The summed E-state index contributed by atoms with van der Waals surface area (Å²) in [7, 11) is 0. The molecule has 0 aromatic carbocycles. The van der Waals surface area contributed by atoms with Crippen molar-refractivity contribution in [1.29, 1.82) is 0 Å². The van der Waals surface area contributed by atoms with Gasteiger partial charge in [-0.05, 0) is 19.1 Å². The first-order valence-corrected chi connectivity index (χ1v) is 3.27. The molecule has 1 amide bonds. The minimum Gasteiger partial charge on any atom is -0.322 e. The highest BCUT2D eigenvalue weighted by Gasteiger charge is 2.23. The summed E-state index contributed by atoms with van der Waals surface area (Å²) in [5.41, 5.74) is 0. The number of amides is 1. The van der Waals surface area contributed by atoms with Crippen LogP contribution in [0.5, 0.6) is 0 Å². The van der Waals surface area contributed by atoms with Gasteiger partial charge in [-0.25, -0.2) is 0 Å². The van der Waals surface area contributed by atoms with E-state index in [2.05, 4.69) is 5.32 Å². The summed E-state index contributed by atoms with van der Waals surface area (Å²) in [6, 6.07) is 3.78. The van der Waals surface area contributed by atoms with Gasteiger partial charge in [-0.3, -0.25) is 4.79 Å². The smallest absolute Gasteiger partial charge is 0.248 e. The summed E-state index contributed by atoms with van der Waals surface area (Å²) in [5.74, 6) is 0.980. The minimum atomic E-state index is -0.0370. The van der Waals surface area contributed by atoms with Gasteiger partial charge in [0.25, 0.3) is 0 Å². The van der Waals surface area contributed by atoms with Crippen LogP contribution in [0.3, 0.4) is 0 Å². The van der Waals surface area contributed by atoms with Crippen molar-refractivity contribution >= 4 is 11.7 Å². The highest BCUT2D eigenvalue weighted by Crippen LogP contribution is 2.23. The number of rotatable bonds is 0. The maximum absolute atomic E-state index is 11.0. The van der Waals surface area contributed by atoms with E-state index in [4.69, 9.17) is 0 Å². The fourth-order valence-electron chi connectivity index (χ4n) is 1.19. The zero-order chi connectivity index (χ0) is 7.14. The molecule has 1 atom stereocenters. The fraction of sp³-hybridized carbons (Fsp3) is 0.286. The van der Waals surface area contributed by atoms with E-state index in [1.165, 1.54) is 0 Å². The Kier molecular flexibility index (Phi) is 0.897. The van der Waals surface area contributed by atoms with Crippen LogP contribution in [0.1, 0.15) is 13.0 Å². The average Bonchev–Trinajstić information content (AvgIpc) is 2.41. The van der Waals surface area contributed by atoms with Crippen LogP contribution in [0.15, 0.2) is 18.3 Å². The number of nitrogens with zero attached hydrogens (tertiary/aromatic N) is 1. The Morgan fingerprint density at radius 3 is 3.20 bits per heavy atom. The van der Waals surface area contributed by atoms with Crippen LogP contribution >= 0.6 is 0 Å². The largest absolute Gasteiger partial charge is 0.322 e. The minimum absolute atomic E-state index is 0.0370. The number of carbonyl (C=O) groups excluding carboxylic acids is 1. The van der Waals surface area contributed by atoms with Gasteiger partial charge in [0.2, 0.25) is 5.91 Å². The number of anilines is 1. The molecule has 2 rings (SSSR count). The molecule has 1 aliphatic rings. The molecule has 1 N–H and O–H groups in total. The van der Waals surface area contributed by atoms with E-state index in [1.54, 1.807) is 0 Å². The molecule has 1 aromatic rings. The van der Waals surface area contributed by atoms with Crippen LogP contribution in [0.25, 0.3) is 0 Å². The molecule has 2 heterocycles. The molecule has 52 valence electrons. The molecule has 0 fully saturated rings. The quantitative estimate of drug-likeness (QED) is 0.567. The third-order valence-corrected chi connectivity index (χ3v) is 1.83. The van der Waals surface area contributed by atoms with Crippen molar-refractivity contribution in [2.24, 2.45) is 0 Å². The van der Waals surface area contributed by atoms with Crippen molar-refractivity contribution in [1.82, 2.24) is 4.57 Å². The van der Waals surface area contributed by atoms with E-state index in [1.807, 2.05) is 29.8 Å². The van der Waals surface area contributed by atoms with Gasteiger partial charge < -0.3 is 9.88 Å². The second-order valence-corrected chi connectivity index (χ2v) is 2.47. The van der Waals surface area contributed by atoms with Crippen LogP contribution < -0.4 is 5.32 Å². The Morgan fingerprint density at radius 2 is 2.50 bits per heavy atom. The van der Waals surface area contributed by atoms with E-state index in [9.17, 15) is 4.79 Å². The topological polar surface area (TPSA) is 34.0 Å². The van der Waals surface area contributed by atoms with Crippen molar-refractivity contribution in [3.05, 3.63) is 18.3 Å². The first kappa shape index (κ1) is 5.53. The monoisotopic (exact) mass is 136 g/mol.